The first-order valence-electron chi connectivity index (χ1n) is 5.89. The number of carbonyl (C=O) groups excluding carboxylic acids is 1. The fourth-order valence-corrected chi connectivity index (χ4v) is 1.66. The fraction of sp³-hybridized carbons (Fsp3) is 0.133. The standard InChI is InChI=1S/C15H16N2O/c1-11(16)15(18)17-14-9-5-8-13(10-14)12-6-3-2-4-7-12/h2-11H,16H2,1H3,(H,17,18)/t11-/m1/s1. The molecule has 0 spiro atoms. The van der Waals surface area contributed by atoms with Gasteiger partial charge in [0, 0.05) is 5.69 Å². The van der Waals surface area contributed by atoms with Gasteiger partial charge >= 0.3 is 0 Å². The van der Waals surface area contributed by atoms with E-state index in [2.05, 4.69) is 5.32 Å². The zero-order valence-electron chi connectivity index (χ0n) is 10.3. The highest BCUT2D eigenvalue weighted by Crippen LogP contribution is 2.22. The largest absolute Gasteiger partial charge is 0.325 e. The third-order valence-corrected chi connectivity index (χ3v) is 2.65. The molecule has 3 N–H and O–H groups in total. The number of nitrogens with one attached hydrogen (secondary N) is 1. The summed E-state index contributed by atoms with van der Waals surface area (Å²) in [7, 11) is 0. The molecule has 0 saturated carbocycles. The van der Waals surface area contributed by atoms with E-state index < -0.39 is 6.04 Å². The Balaban J connectivity index is 2.23. The zero-order chi connectivity index (χ0) is 13.0. The molecule has 0 heterocycles. The van der Waals surface area contributed by atoms with Crippen molar-refractivity contribution in [2.24, 2.45) is 5.73 Å². The van der Waals surface area contributed by atoms with Crippen LogP contribution < -0.4 is 11.1 Å². The Kier molecular flexibility index (Phi) is 3.75. The molecule has 0 bridgehead atoms. The van der Waals surface area contributed by atoms with Crippen LogP contribution in [0.4, 0.5) is 5.69 Å². The van der Waals surface area contributed by atoms with Crippen molar-refractivity contribution in [3.05, 3.63) is 54.6 Å². The summed E-state index contributed by atoms with van der Waals surface area (Å²) in [6, 6.07) is 17.2. The van der Waals surface area contributed by atoms with Crippen LogP contribution in [-0.4, -0.2) is 11.9 Å². The quantitative estimate of drug-likeness (QED) is 0.866. The number of nitrogens with two attached hydrogens (primary N) is 1. The highest BCUT2D eigenvalue weighted by molar-refractivity contribution is 5.94. The summed E-state index contributed by atoms with van der Waals surface area (Å²) in [5.74, 6) is -0.180. The maximum Gasteiger partial charge on any atom is 0.240 e. The number of anilines is 1. The molecule has 2 rings (SSSR count). The first-order valence-corrected chi connectivity index (χ1v) is 5.89. The summed E-state index contributed by atoms with van der Waals surface area (Å²) in [6.07, 6.45) is 0. The van der Waals surface area contributed by atoms with Gasteiger partial charge in [0.25, 0.3) is 0 Å². The Morgan fingerprint density at radius 2 is 1.72 bits per heavy atom. The lowest BCUT2D eigenvalue weighted by molar-refractivity contribution is -0.117. The fourth-order valence-electron chi connectivity index (χ4n) is 1.66. The monoisotopic (exact) mass is 240 g/mol. The second-order valence-corrected chi connectivity index (χ2v) is 4.22. The molecule has 3 heteroatoms. The average molecular weight is 240 g/mol. The second kappa shape index (κ2) is 5.47. The molecule has 0 aliphatic carbocycles. The van der Waals surface area contributed by atoms with Crippen molar-refractivity contribution in [2.45, 2.75) is 13.0 Å². The van der Waals surface area contributed by atoms with Gasteiger partial charge in [-0.2, -0.15) is 0 Å². The molecular formula is C15H16N2O. The molecule has 0 unspecified atom stereocenters. The summed E-state index contributed by atoms with van der Waals surface area (Å²) in [5.41, 5.74) is 8.47. The smallest absolute Gasteiger partial charge is 0.240 e. The number of amides is 1. The molecule has 0 radical (unpaired) electrons. The molecule has 0 saturated heterocycles. The van der Waals surface area contributed by atoms with Crippen molar-refractivity contribution < 1.29 is 4.79 Å². The van der Waals surface area contributed by atoms with Crippen LogP contribution in [0.3, 0.4) is 0 Å². The van der Waals surface area contributed by atoms with E-state index in [9.17, 15) is 4.79 Å². The Morgan fingerprint density at radius 1 is 1.06 bits per heavy atom. The molecule has 2 aromatic rings. The lowest BCUT2D eigenvalue weighted by atomic mass is 10.1. The summed E-state index contributed by atoms with van der Waals surface area (Å²) in [6.45, 7) is 1.66. The van der Waals surface area contributed by atoms with Gasteiger partial charge in [0.1, 0.15) is 0 Å². The Morgan fingerprint density at radius 3 is 2.39 bits per heavy atom. The van der Waals surface area contributed by atoms with Gasteiger partial charge in [0.2, 0.25) is 5.91 Å². The van der Waals surface area contributed by atoms with Crippen LogP contribution in [0.2, 0.25) is 0 Å². The van der Waals surface area contributed by atoms with E-state index in [0.717, 1.165) is 16.8 Å². The average Bonchev–Trinajstić information content (AvgIpc) is 2.40. The highest BCUT2D eigenvalue weighted by Gasteiger charge is 2.07. The number of carbonyl (C=O) groups is 1. The molecule has 2 aromatic carbocycles. The normalized spacial score (nSPS) is 11.9. The minimum Gasteiger partial charge on any atom is -0.325 e. The van der Waals surface area contributed by atoms with E-state index in [-0.39, 0.29) is 5.91 Å². The Hall–Kier alpha value is -2.13. The van der Waals surface area contributed by atoms with Crippen LogP contribution >= 0.6 is 0 Å². The maximum absolute atomic E-state index is 11.5. The SMILES string of the molecule is C[C@@H](N)C(=O)Nc1cccc(-c2ccccc2)c1. The molecule has 1 amide bonds. The van der Waals surface area contributed by atoms with Gasteiger partial charge in [-0.1, -0.05) is 42.5 Å². The molecule has 0 fully saturated rings. The van der Waals surface area contributed by atoms with E-state index in [0.29, 0.717) is 0 Å². The summed E-state index contributed by atoms with van der Waals surface area (Å²) >= 11 is 0. The molecule has 0 aliphatic rings. The number of hydrogen-bond acceptors (Lipinski definition) is 2. The minimum absolute atomic E-state index is 0.180. The van der Waals surface area contributed by atoms with Crippen molar-refractivity contribution in [1.82, 2.24) is 0 Å². The Bertz CT molecular complexity index is 535. The van der Waals surface area contributed by atoms with Gasteiger partial charge < -0.3 is 11.1 Å². The predicted molar refractivity (Wildman–Crippen MR) is 74.2 cm³/mol. The van der Waals surface area contributed by atoms with Crippen molar-refractivity contribution >= 4 is 11.6 Å². The van der Waals surface area contributed by atoms with E-state index in [4.69, 9.17) is 5.73 Å². The summed E-state index contributed by atoms with van der Waals surface area (Å²) in [4.78, 5) is 11.5. The third-order valence-electron chi connectivity index (χ3n) is 2.65. The molecule has 0 aliphatic heterocycles. The van der Waals surface area contributed by atoms with Crippen LogP contribution in [0, 0.1) is 0 Å². The van der Waals surface area contributed by atoms with Crippen LogP contribution in [0.15, 0.2) is 54.6 Å². The third kappa shape index (κ3) is 2.96. The lowest BCUT2D eigenvalue weighted by Crippen LogP contribution is -2.32. The number of hydrogen-bond donors (Lipinski definition) is 2. The van der Waals surface area contributed by atoms with Crippen LogP contribution in [-0.2, 0) is 4.79 Å². The van der Waals surface area contributed by atoms with E-state index in [1.54, 1.807) is 6.92 Å². The van der Waals surface area contributed by atoms with Crippen molar-refractivity contribution in [1.29, 1.82) is 0 Å². The topological polar surface area (TPSA) is 55.1 Å². The molecule has 0 aromatic heterocycles. The van der Waals surface area contributed by atoms with Crippen LogP contribution in [0.25, 0.3) is 11.1 Å². The van der Waals surface area contributed by atoms with Gasteiger partial charge in [0.15, 0.2) is 0 Å². The minimum atomic E-state index is -0.509. The molecule has 18 heavy (non-hydrogen) atoms. The van der Waals surface area contributed by atoms with Crippen molar-refractivity contribution in [2.75, 3.05) is 5.32 Å². The van der Waals surface area contributed by atoms with Gasteiger partial charge in [0.05, 0.1) is 6.04 Å². The predicted octanol–water partition coefficient (Wildman–Crippen LogP) is 2.64. The molecule has 92 valence electrons. The number of benzene rings is 2. The zero-order valence-corrected chi connectivity index (χ0v) is 10.3. The van der Waals surface area contributed by atoms with Gasteiger partial charge in [-0.3, -0.25) is 4.79 Å². The summed E-state index contributed by atoms with van der Waals surface area (Å²) in [5, 5.41) is 2.79. The molecule has 3 nitrogen and oxygen atoms in total. The first-order chi connectivity index (χ1) is 8.66. The van der Waals surface area contributed by atoms with E-state index >= 15 is 0 Å². The maximum atomic E-state index is 11.5. The van der Waals surface area contributed by atoms with Gasteiger partial charge in [-0.25, -0.2) is 0 Å². The second-order valence-electron chi connectivity index (χ2n) is 4.22. The number of rotatable bonds is 3. The van der Waals surface area contributed by atoms with Crippen molar-refractivity contribution in [3.63, 3.8) is 0 Å². The lowest BCUT2D eigenvalue weighted by Gasteiger charge is -2.09. The highest BCUT2D eigenvalue weighted by atomic mass is 16.2. The van der Waals surface area contributed by atoms with E-state index in [1.165, 1.54) is 0 Å². The van der Waals surface area contributed by atoms with Gasteiger partial charge in [-0.05, 0) is 30.2 Å². The van der Waals surface area contributed by atoms with Crippen LogP contribution in [0.5, 0.6) is 0 Å². The molecular weight excluding hydrogens is 224 g/mol. The first kappa shape index (κ1) is 12.3. The molecule has 1 atom stereocenters. The van der Waals surface area contributed by atoms with Gasteiger partial charge in [-0.15, -0.1) is 0 Å². The van der Waals surface area contributed by atoms with Crippen molar-refractivity contribution in [3.8, 4) is 11.1 Å². The summed E-state index contributed by atoms with van der Waals surface area (Å²) < 4.78 is 0. The van der Waals surface area contributed by atoms with E-state index in [1.807, 2.05) is 54.6 Å². The van der Waals surface area contributed by atoms with Crippen LogP contribution in [0.1, 0.15) is 6.92 Å². The Labute approximate surface area is 107 Å².